The molecule has 0 bridgehead atoms. The van der Waals surface area contributed by atoms with E-state index in [0.29, 0.717) is 6.04 Å². The highest BCUT2D eigenvalue weighted by Crippen LogP contribution is 2.20. The van der Waals surface area contributed by atoms with Gasteiger partial charge in [-0.1, -0.05) is 41.9 Å². The van der Waals surface area contributed by atoms with E-state index in [0.717, 1.165) is 10.7 Å². The van der Waals surface area contributed by atoms with Gasteiger partial charge in [-0.15, -0.1) is 0 Å². The minimum Gasteiger partial charge on any atom is -0.379 e. The van der Waals surface area contributed by atoms with Crippen molar-refractivity contribution in [3.05, 3.63) is 65.2 Å². The molecule has 0 saturated heterocycles. The lowest BCUT2D eigenvalue weighted by atomic mass is 10.1. The van der Waals surface area contributed by atoms with Gasteiger partial charge in [0.15, 0.2) is 0 Å². The fourth-order valence-corrected chi connectivity index (χ4v) is 1.75. The Kier molecular flexibility index (Phi) is 3.47. The maximum atomic E-state index is 5.84. The summed E-state index contributed by atoms with van der Waals surface area (Å²) in [4.78, 5) is 0. The number of anilines is 1. The van der Waals surface area contributed by atoms with Crippen LogP contribution in [0.25, 0.3) is 0 Å². The predicted molar refractivity (Wildman–Crippen MR) is 69.9 cm³/mol. The van der Waals surface area contributed by atoms with Crippen LogP contribution in [0.1, 0.15) is 18.5 Å². The monoisotopic (exact) mass is 231 g/mol. The predicted octanol–water partition coefficient (Wildman–Crippen LogP) is 4.51. The summed E-state index contributed by atoms with van der Waals surface area (Å²) in [6.07, 6.45) is 0. The SMILES string of the molecule is CC(Nc1ccc(Cl)cc1)c1ccccc1. The van der Waals surface area contributed by atoms with E-state index in [1.165, 1.54) is 5.56 Å². The fourth-order valence-electron chi connectivity index (χ4n) is 1.62. The van der Waals surface area contributed by atoms with Crippen molar-refractivity contribution < 1.29 is 0 Å². The first-order chi connectivity index (χ1) is 7.75. The van der Waals surface area contributed by atoms with Crippen LogP contribution in [0.4, 0.5) is 5.69 Å². The van der Waals surface area contributed by atoms with Crippen molar-refractivity contribution in [2.24, 2.45) is 0 Å². The van der Waals surface area contributed by atoms with Gasteiger partial charge in [0.05, 0.1) is 0 Å². The van der Waals surface area contributed by atoms with E-state index in [2.05, 4.69) is 36.5 Å². The van der Waals surface area contributed by atoms with Gasteiger partial charge in [0.25, 0.3) is 0 Å². The third-order valence-electron chi connectivity index (χ3n) is 2.53. The summed E-state index contributed by atoms with van der Waals surface area (Å²) in [7, 11) is 0. The van der Waals surface area contributed by atoms with Crippen LogP contribution in [0.5, 0.6) is 0 Å². The van der Waals surface area contributed by atoms with E-state index in [4.69, 9.17) is 11.6 Å². The lowest BCUT2D eigenvalue weighted by molar-refractivity contribution is 0.885. The van der Waals surface area contributed by atoms with Gasteiger partial charge in [0, 0.05) is 16.8 Å². The number of hydrogen-bond acceptors (Lipinski definition) is 1. The molecule has 0 aromatic heterocycles. The quantitative estimate of drug-likeness (QED) is 0.820. The summed E-state index contributed by atoms with van der Waals surface area (Å²) in [5.41, 5.74) is 2.36. The van der Waals surface area contributed by atoms with Crippen molar-refractivity contribution >= 4 is 17.3 Å². The third kappa shape index (κ3) is 2.77. The summed E-state index contributed by atoms with van der Waals surface area (Å²) in [6.45, 7) is 2.14. The van der Waals surface area contributed by atoms with Crippen LogP contribution in [0.3, 0.4) is 0 Å². The number of rotatable bonds is 3. The summed E-state index contributed by atoms with van der Waals surface area (Å²) < 4.78 is 0. The molecule has 2 rings (SSSR count). The minimum absolute atomic E-state index is 0.294. The molecule has 0 radical (unpaired) electrons. The topological polar surface area (TPSA) is 12.0 Å². The maximum absolute atomic E-state index is 5.84. The molecule has 0 amide bonds. The van der Waals surface area contributed by atoms with Crippen LogP contribution in [-0.4, -0.2) is 0 Å². The van der Waals surface area contributed by atoms with Gasteiger partial charge in [-0.3, -0.25) is 0 Å². The highest BCUT2D eigenvalue weighted by molar-refractivity contribution is 6.30. The highest BCUT2D eigenvalue weighted by atomic mass is 35.5. The molecule has 0 heterocycles. The summed E-state index contributed by atoms with van der Waals surface area (Å²) in [6, 6.07) is 18.4. The van der Waals surface area contributed by atoms with Crippen LogP contribution < -0.4 is 5.32 Å². The zero-order chi connectivity index (χ0) is 11.4. The van der Waals surface area contributed by atoms with Crippen molar-refractivity contribution in [3.63, 3.8) is 0 Å². The van der Waals surface area contributed by atoms with E-state index in [1.807, 2.05) is 30.3 Å². The molecule has 2 aromatic carbocycles. The first-order valence-corrected chi connectivity index (χ1v) is 5.70. The second-order valence-electron chi connectivity index (χ2n) is 3.78. The summed E-state index contributed by atoms with van der Waals surface area (Å²) in [5.74, 6) is 0. The van der Waals surface area contributed by atoms with E-state index in [1.54, 1.807) is 0 Å². The standard InChI is InChI=1S/C14H14ClN/c1-11(12-5-3-2-4-6-12)16-14-9-7-13(15)8-10-14/h2-11,16H,1H3. The Morgan fingerprint density at radius 3 is 2.19 bits per heavy atom. The number of benzene rings is 2. The Hall–Kier alpha value is -1.47. The zero-order valence-corrected chi connectivity index (χ0v) is 9.91. The first-order valence-electron chi connectivity index (χ1n) is 5.33. The van der Waals surface area contributed by atoms with Crippen molar-refractivity contribution in [1.82, 2.24) is 0 Å². The number of nitrogens with one attached hydrogen (secondary N) is 1. The van der Waals surface area contributed by atoms with Crippen LogP contribution in [-0.2, 0) is 0 Å². The molecular weight excluding hydrogens is 218 g/mol. The molecule has 0 fully saturated rings. The van der Waals surface area contributed by atoms with Crippen LogP contribution in [0.15, 0.2) is 54.6 Å². The van der Waals surface area contributed by atoms with Gasteiger partial charge in [-0.05, 0) is 36.8 Å². The van der Waals surface area contributed by atoms with Gasteiger partial charge >= 0.3 is 0 Å². The molecule has 1 unspecified atom stereocenters. The Bertz CT molecular complexity index is 436. The van der Waals surface area contributed by atoms with Gasteiger partial charge in [0.1, 0.15) is 0 Å². The fraction of sp³-hybridized carbons (Fsp3) is 0.143. The van der Waals surface area contributed by atoms with E-state index in [-0.39, 0.29) is 0 Å². The van der Waals surface area contributed by atoms with Crippen LogP contribution in [0.2, 0.25) is 5.02 Å². The van der Waals surface area contributed by atoms with Crippen molar-refractivity contribution in [1.29, 1.82) is 0 Å². The van der Waals surface area contributed by atoms with E-state index >= 15 is 0 Å². The lowest BCUT2D eigenvalue weighted by Crippen LogP contribution is -2.05. The normalized spacial score (nSPS) is 12.1. The minimum atomic E-state index is 0.294. The molecule has 0 spiro atoms. The average Bonchev–Trinajstić information content (AvgIpc) is 2.33. The highest BCUT2D eigenvalue weighted by Gasteiger charge is 2.03. The average molecular weight is 232 g/mol. The third-order valence-corrected chi connectivity index (χ3v) is 2.78. The summed E-state index contributed by atoms with van der Waals surface area (Å²) >= 11 is 5.84. The molecule has 0 saturated carbocycles. The largest absolute Gasteiger partial charge is 0.379 e. The van der Waals surface area contributed by atoms with Gasteiger partial charge < -0.3 is 5.32 Å². The van der Waals surface area contributed by atoms with Crippen molar-refractivity contribution in [3.8, 4) is 0 Å². The zero-order valence-electron chi connectivity index (χ0n) is 9.15. The Morgan fingerprint density at radius 1 is 0.938 bits per heavy atom. The Morgan fingerprint density at radius 2 is 1.56 bits per heavy atom. The van der Waals surface area contributed by atoms with Crippen molar-refractivity contribution in [2.45, 2.75) is 13.0 Å². The molecule has 0 aliphatic carbocycles. The maximum Gasteiger partial charge on any atom is 0.0485 e. The molecule has 1 nitrogen and oxygen atoms in total. The van der Waals surface area contributed by atoms with Gasteiger partial charge in [-0.25, -0.2) is 0 Å². The Balaban J connectivity index is 2.08. The molecule has 82 valence electrons. The second-order valence-corrected chi connectivity index (χ2v) is 4.22. The molecule has 0 aliphatic rings. The molecule has 1 N–H and O–H groups in total. The van der Waals surface area contributed by atoms with Gasteiger partial charge in [0.2, 0.25) is 0 Å². The first kappa shape index (κ1) is 11.0. The smallest absolute Gasteiger partial charge is 0.0485 e. The molecule has 2 aromatic rings. The van der Waals surface area contributed by atoms with E-state index < -0.39 is 0 Å². The van der Waals surface area contributed by atoms with Gasteiger partial charge in [-0.2, -0.15) is 0 Å². The van der Waals surface area contributed by atoms with E-state index in [9.17, 15) is 0 Å². The molecule has 0 aliphatic heterocycles. The second kappa shape index (κ2) is 5.04. The lowest BCUT2D eigenvalue weighted by Gasteiger charge is -2.15. The number of halogens is 1. The number of hydrogen-bond donors (Lipinski definition) is 1. The molecular formula is C14H14ClN. The summed E-state index contributed by atoms with van der Waals surface area (Å²) in [5, 5.41) is 4.19. The molecule has 16 heavy (non-hydrogen) atoms. The van der Waals surface area contributed by atoms with Crippen LogP contribution in [0, 0.1) is 0 Å². The van der Waals surface area contributed by atoms with Crippen LogP contribution >= 0.6 is 11.6 Å². The molecule has 1 atom stereocenters. The van der Waals surface area contributed by atoms with Crippen molar-refractivity contribution in [2.75, 3.05) is 5.32 Å². The Labute approximate surface area is 101 Å². The molecule has 2 heteroatoms.